The molecule has 2 aliphatic carbocycles. The topological polar surface area (TPSA) is 54.4 Å². The average Bonchev–Trinajstić information content (AvgIpc) is 2.95. The Labute approximate surface area is 108 Å². The number of carbonyl (C=O) groups excluding carboxylic acids is 2. The molecule has 0 aromatic heterocycles. The first-order valence-corrected chi connectivity index (χ1v) is 6.50. The normalized spacial score (nSPS) is 39.6. The summed E-state index contributed by atoms with van der Waals surface area (Å²) in [6, 6.07) is 0. The van der Waals surface area contributed by atoms with Gasteiger partial charge in [0, 0.05) is 18.4 Å². The smallest absolute Gasteiger partial charge is 0.158 e. The average molecular weight is 248 g/mol. The van der Waals surface area contributed by atoms with Crippen molar-refractivity contribution in [2.45, 2.75) is 32.6 Å². The molecular weight excluding hydrogens is 228 g/mol. The molecule has 3 heteroatoms. The Bertz CT molecular complexity index is 421. The second kappa shape index (κ2) is 4.81. The van der Waals surface area contributed by atoms with Gasteiger partial charge in [-0.15, -0.1) is 0 Å². The zero-order valence-electron chi connectivity index (χ0n) is 10.8. The molecule has 2 rings (SSSR count). The van der Waals surface area contributed by atoms with Gasteiger partial charge in [-0.05, 0) is 42.2 Å². The van der Waals surface area contributed by atoms with Crippen LogP contribution in [0, 0.1) is 17.3 Å². The van der Waals surface area contributed by atoms with Crippen LogP contribution in [-0.2, 0) is 9.59 Å². The van der Waals surface area contributed by atoms with Crippen molar-refractivity contribution in [2.75, 3.05) is 6.61 Å². The second-order valence-corrected chi connectivity index (χ2v) is 5.72. The van der Waals surface area contributed by atoms with Crippen LogP contribution in [0.1, 0.15) is 32.6 Å². The first kappa shape index (κ1) is 13.2. The number of hydrogen-bond acceptors (Lipinski definition) is 3. The van der Waals surface area contributed by atoms with E-state index in [4.69, 9.17) is 0 Å². The van der Waals surface area contributed by atoms with Gasteiger partial charge in [-0.1, -0.05) is 19.6 Å². The van der Waals surface area contributed by atoms with E-state index >= 15 is 0 Å². The molecule has 0 amide bonds. The van der Waals surface area contributed by atoms with Crippen LogP contribution >= 0.6 is 0 Å². The SMILES string of the molecule is C=C1CC[C@@H]2[C@H](/C=C(\C=O)CCC1=O)[C@@]2(C)CO. The summed E-state index contributed by atoms with van der Waals surface area (Å²) in [6.45, 7) is 6.00. The van der Waals surface area contributed by atoms with E-state index in [9.17, 15) is 14.7 Å². The van der Waals surface area contributed by atoms with E-state index in [1.807, 2.05) is 13.0 Å². The molecule has 1 N–H and O–H groups in total. The molecule has 0 saturated heterocycles. The van der Waals surface area contributed by atoms with Crippen molar-refractivity contribution in [3.05, 3.63) is 23.8 Å². The van der Waals surface area contributed by atoms with Crippen LogP contribution in [0.4, 0.5) is 0 Å². The molecule has 18 heavy (non-hydrogen) atoms. The van der Waals surface area contributed by atoms with Crippen LogP contribution in [0.15, 0.2) is 23.8 Å². The zero-order chi connectivity index (χ0) is 13.3. The Kier molecular flexibility index (Phi) is 3.53. The quantitative estimate of drug-likeness (QED) is 0.601. The first-order valence-electron chi connectivity index (χ1n) is 6.50. The maximum atomic E-state index is 11.8. The summed E-state index contributed by atoms with van der Waals surface area (Å²) in [6.07, 6.45) is 5.25. The molecule has 0 aliphatic heterocycles. The number of aliphatic hydroxyl groups excluding tert-OH is 1. The van der Waals surface area contributed by atoms with Gasteiger partial charge in [0.2, 0.25) is 0 Å². The van der Waals surface area contributed by atoms with Crippen LogP contribution in [0.5, 0.6) is 0 Å². The van der Waals surface area contributed by atoms with E-state index in [0.717, 1.165) is 12.7 Å². The predicted octanol–water partition coefficient (Wildman–Crippen LogP) is 2.06. The molecule has 1 fully saturated rings. The fourth-order valence-electron chi connectivity index (χ4n) is 3.05. The third-order valence-electron chi connectivity index (χ3n) is 4.61. The van der Waals surface area contributed by atoms with Gasteiger partial charge < -0.3 is 5.11 Å². The Morgan fingerprint density at radius 3 is 2.83 bits per heavy atom. The van der Waals surface area contributed by atoms with Crippen molar-refractivity contribution in [3.8, 4) is 0 Å². The standard InChI is InChI=1S/C15H20O3/c1-10-3-5-12-13(15(12,2)9-17)7-11(8-16)4-6-14(10)18/h7-8,12-13,17H,1,3-6,9H2,2H3/b11-7-/t12-,13+,15+/m1/s1. The summed E-state index contributed by atoms with van der Waals surface area (Å²) < 4.78 is 0. The highest BCUT2D eigenvalue weighted by atomic mass is 16.3. The van der Waals surface area contributed by atoms with Crippen molar-refractivity contribution in [2.24, 2.45) is 17.3 Å². The molecule has 1 saturated carbocycles. The van der Waals surface area contributed by atoms with Crippen molar-refractivity contribution in [1.82, 2.24) is 0 Å². The molecule has 0 heterocycles. The van der Waals surface area contributed by atoms with Crippen molar-refractivity contribution < 1.29 is 14.7 Å². The highest BCUT2D eigenvalue weighted by Gasteiger charge is 2.58. The molecule has 0 aromatic rings. The molecule has 0 spiro atoms. The summed E-state index contributed by atoms with van der Waals surface area (Å²) in [5.74, 6) is 0.691. The minimum Gasteiger partial charge on any atom is -0.396 e. The molecule has 2 aliphatic rings. The minimum atomic E-state index is -0.123. The Balaban J connectivity index is 2.23. The summed E-state index contributed by atoms with van der Waals surface area (Å²) in [7, 11) is 0. The second-order valence-electron chi connectivity index (χ2n) is 5.72. The largest absolute Gasteiger partial charge is 0.396 e. The third-order valence-corrected chi connectivity index (χ3v) is 4.61. The third kappa shape index (κ3) is 2.19. The number of aldehydes is 1. The number of Topliss-reactive ketones (excluding diaryl/α,β-unsaturated/α-hetero) is 1. The number of fused-ring (bicyclic) bond motifs is 1. The number of carbonyl (C=O) groups is 2. The fraction of sp³-hybridized carbons (Fsp3) is 0.600. The Hall–Kier alpha value is -1.22. The maximum absolute atomic E-state index is 11.8. The van der Waals surface area contributed by atoms with Gasteiger partial charge in [0.25, 0.3) is 0 Å². The van der Waals surface area contributed by atoms with Crippen molar-refractivity contribution in [1.29, 1.82) is 0 Å². The van der Waals surface area contributed by atoms with E-state index in [1.54, 1.807) is 0 Å². The zero-order valence-corrected chi connectivity index (χ0v) is 10.8. The van der Waals surface area contributed by atoms with Gasteiger partial charge in [0.05, 0.1) is 0 Å². The van der Waals surface area contributed by atoms with Gasteiger partial charge in [-0.25, -0.2) is 0 Å². The molecule has 3 nitrogen and oxygen atoms in total. The van der Waals surface area contributed by atoms with E-state index < -0.39 is 0 Å². The molecular formula is C15H20O3. The van der Waals surface area contributed by atoms with Crippen LogP contribution in [-0.4, -0.2) is 23.8 Å². The summed E-state index contributed by atoms with van der Waals surface area (Å²) >= 11 is 0. The maximum Gasteiger partial charge on any atom is 0.158 e. The monoisotopic (exact) mass is 248 g/mol. The number of ketones is 1. The van der Waals surface area contributed by atoms with Gasteiger partial charge in [0.15, 0.2) is 5.78 Å². The predicted molar refractivity (Wildman–Crippen MR) is 68.9 cm³/mol. The summed E-state index contributed by atoms with van der Waals surface area (Å²) in [4.78, 5) is 22.8. The van der Waals surface area contributed by atoms with Gasteiger partial charge >= 0.3 is 0 Å². The lowest BCUT2D eigenvalue weighted by Gasteiger charge is -2.07. The van der Waals surface area contributed by atoms with Crippen molar-refractivity contribution in [3.63, 3.8) is 0 Å². The molecule has 0 bridgehead atoms. The lowest BCUT2D eigenvalue weighted by Crippen LogP contribution is -2.06. The van der Waals surface area contributed by atoms with Crippen LogP contribution in [0.2, 0.25) is 0 Å². The summed E-state index contributed by atoms with van der Waals surface area (Å²) in [5.41, 5.74) is 1.22. The minimum absolute atomic E-state index is 0.0625. The Morgan fingerprint density at radius 2 is 2.22 bits per heavy atom. The number of hydrogen-bond donors (Lipinski definition) is 1. The number of rotatable bonds is 2. The molecule has 0 aromatic carbocycles. The van der Waals surface area contributed by atoms with Crippen LogP contribution in [0.3, 0.4) is 0 Å². The Morgan fingerprint density at radius 1 is 1.50 bits per heavy atom. The fourth-order valence-corrected chi connectivity index (χ4v) is 3.05. The lowest BCUT2D eigenvalue weighted by molar-refractivity contribution is -0.115. The van der Waals surface area contributed by atoms with Gasteiger partial charge in [-0.2, -0.15) is 0 Å². The van der Waals surface area contributed by atoms with Crippen molar-refractivity contribution >= 4 is 12.1 Å². The lowest BCUT2D eigenvalue weighted by atomic mass is 9.97. The number of aliphatic hydroxyl groups is 1. The van der Waals surface area contributed by atoms with Crippen LogP contribution < -0.4 is 0 Å². The van der Waals surface area contributed by atoms with Gasteiger partial charge in [-0.3, -0.25) is 9.59 Å². The molecule has 0 radical (unpaired) electrons. The van der Waals surface area contributed by atoms with E-state index in [0.29, 0.717) is 36.3 Å². The van der Waals surface area contributed by atoms with Gasteiger partial charge in [0.1, 0.15) is 6.29 Å². The van der Waals surface area contributed by atoms with Crippen LogP contribution in [0.25, 0.3) is 0 Å². The highest BCUT2D eigenvalue weighted by molar-refractivity contribution is 5.95. The first-order chi connectivity index (χ1) is 8.52. The van der Waals surface area contributed by atoms with E-state index in [-0.39, 0.29) is 23.7 Å². The number of allylic oxidation sites excluding steroid dienone is 3. The highest BCUT2D eigenvalue weighted by Crippen LogP contribution is 2.61. The van der Waals surface area contributed by atoms with E-state index in [2.05, 4.69) is 6.58 Å². The molecule has 0 unspecified atom stereocenters. The molecule has 3 atom stereocenters. The van der Waals surface area contributed by atoms with E-state index in [1.165, 1.54) is 0 Å². The molecule has 98 valence electrons. The summed E-state index contributed by atoms with van der Waals surface area (Å²) in [5, 5.41) is 9.49.